The summed E-state index contributed by atoms with van der Waals surface area (Å²) in [7, 11) is 1.68. The van der Waals surface area contributed by atoms with Gasteiger partial charge in [-0.15, -0.1) is 0 Å². The average Bonchev–Trinajstić information content (AvgIpc) is 3.17. The second-order valence-electron chi connectivity index (χ2n) is 15.1. The Labute approximate surface area is 319 Å². The lowest BCUT2D eigenvalue weighted by Gasteiger charge is -2.40. The number of hydrogen-bond acceptors (Lipinski definition) is 10. The minimum absolute atomic E-state index is 0.264. The number of unbranched alkanes of at least 4 members (excludes halogenated alkanes) is 18. The molecule has 0 unspecified atom stereocenters. The molecule has 1 amide bonds. The molecule has 0 bridgehead atoms. The second-order valence-corrected chi connectivity index (χ2v) is 15.1. The number of nitrogens with one attached hydrogen (secondary N) is 1. The SMILES string of the molecule is CCCCCCCCCCCCCC[C@@H](O)[C@@H](O)[C@H](CO[C@H]1O[C@H](CO)[C@H](O)[C@H](O)[C@H]1O)NC(=O)CCCCCCCCCCc1ccc(OC)cc1. The maximum absolute atomic E-state index is 13.0. The van der Waals surface area contributed by atoms with Crippen LogP contribution in [0.5, 0.6) is 5.75 Å². The zero-order chi connectivity index (χ0) is 38.7. The van der Waals surface area contributed by atoms with E-state index in [9.17, 15) is 35.4 Å². The fraction of sp³-hybridized carbons (Fsp3) is 0.833. The highest BCUT2D eigenvalue weighted by Gasteiger charge is 2.44. The molecular weight excluding hydrogens is 678 g/mol. The summed E-state index contributed by atoms with van der Waals surface area (Å²) >= 11 is 0. The van der Waals surface area contributed by atoms with E-state index in [1.54, 1.807) is 7.11 Å². The number of benzene rings is 1. The van der Waals surface area contributed by atoms with Crippen LogP contribution in [0, 0.1) is 0 Å². The van der Waals surface area contributed by atoms with Gasteiger partial charge in [-0.05, 0) is 43.4 Å². The zero-order valence-corrected chi connectivity index (χ0v) is 32.9. The highest BCUT2D eigenvalue weighted by atomic mass is 16.7. The second kappa shape index (κ2) is 29.5. The van der Waals surface area contributed by atoms with Gasteiger partial charge >= 0.3 is 0 Å². The third-order valence-corrected chi connectivity index (χ3v) is 10.6. The molecule has 0 saturated carbocycles. The number of hydrogen-bond donors (Lipinski definition) is 7. The van der Waals surface area contributed by atoms with E-state index < -0.39 is 55.6 Å². The third kappa shape index (κ3) is 20.1. The molecule has 0 aromatic heterocycles. The summed E-state index contributed by atoms with van der Waals surface area (Å²) in [5.74, 6) is 0.603. The summed E-state index contributed by atoms with van der Waals surface area (Å²) in [5.41, 5.74) is 1.33. The van der Waals surface area contributed by atoms with E-state index >= 15 is 0 Å². The minimum Gasteiger partial charge on any atom is -0.497 e. The molecule has 1 saturated heterocycles. The average molecular weight is 754 g/mol. The first-order valence-corrected chi connectivity index (χ1v) is 20.9. The molecule has 2 rings (SSSR count). The molecule has 8 atom stereocenters. The van der Waals surface area contributed by atoms with Crippen molar-refractivity contribution in [3.63, 3.8) is 0 Å². The van der Waals surface area contributed by atoms with Gasteiger partial charge in [-0.2, -0.15) is 0 Å². The number of carbonyl (C=O) groups excluding carboxylic acids is 1. The molecular formula is C42H75NO10. The highest BCUT2D eigenvalue weighted by molar-refractivity contribution is 5.76. The molecule has 1 aromatic rings. The Kier molecular flexibility index (Phi) is 26.3. The van der Waals surface area contributed by atoms with Crippen molar-refractivity contribution in [2.45, 2.75) is 204 Å². The number of aryl methyl sites for hydroxylation is 1. The van der Waals surface area contributed by atoms with E-state index in [1.807, 2.05) is 12.1 Å². The summed E-state index contributed by atoms with van der Waals surface area (Å²) in [6.07, 6.45) is 14.7. The van der Waals surface area contributed by atoms with Crippen molar-refractivity contribution in [1.29, 1.82) is 0 Å². The number of amides is 1. The first-order chi connectivity index (χ1) is 25.7. The molecule has 11 nitrogen and oxygen atoms in total. The van der Waals surface area contributed by atoms with E-state index in [1.165, 1.54) is 69.8 Å². The van der Waals surface area contributed by atoms with Crippen molar-refractivity contribution in [3.05, 3.63) is 29.8 Å². The van der Waals surface area contributed by atoms with Crippen molar-refractivity contribution in [3.8, 4) is 5.75 Å². The van der Waals surface area contributed by atoms with Crippen LogP contribution in [0.25, 0.3) is 0 Å². The molecule has 308 valence electrons. The Bertz CT molecular complexity index is 1030. The number of rotatable bonds is 32. The van der Waals surface area contributed by atoms with Gasteiger partial charge in [0.15, 0.2) is 6.29 Å². The number of methoxy groups -OCH3 is 1. The standard InChI is InChI=1S/C42H75NO10/c1-3-4-5-6-7-8-9-10-11-15-18-21-24-35(45)38(47)34(31-52-42-41(50)40(49)39(48)36(30-44)53-42)43-37(46)25-22-19-16-13-12-14-17-20-23-32-26-28-33(51-2)29-27-32/h26-29,34-36,38-42,44-45,47-50H,3-25,30-31H2,1-2H3,(H,43,46)/t34-,35+,36+,38-,39-,40-,41+,42-/m0/s1. The summed E-state index contributed by atoms with van der Waals surface area (Å²) in [5, 5.41) is 65.0. The summed E-state index contributed by atoms with van der Waals surface area (Å²) in [4.78, 5) is 13.0. The summed E-state index contributed by atoms with van der Waals surface area (Å²) < 4.78 is 16.3. The molecule has 0 spiro atoms. The number of aliphatic hydroxyl groups is 6. The molecule has 7 N–H and O–H groups in total. The van der Waals surface area contributed by atoms with Gasteiger partial charge in [-0.25, -0.2) is 0 Å². The van der Waals surface area contributed by atoms with Crippen LogP contribution in [0.4, 0.5) is 0 Å². The van der Waals surface area contributed by atoms with Crippen LogP contribution in [0.15, 0.2) is 24.3 Å². The molecule has 1 heterocycles. The third-order valence-electron chi connectivity index (χ3n) is 10.6. The van der Waals surface area contributed by atoms with Crippen molar-refractivity contribution < 1.29 is 49.6 Å². The van der Waals surface area contributed by atoms with E-state index in [0.717, 1.165) is 70.0 Å². The van der Waals surface area contributed by atoms with Gasteiger partial charge in [0.05, 0.1) is 32.5 Å². The van der Waals surface area contributed by atoms with Crippen LogP contribution >= 0.6 is 0 Å². The fourth-order valence-electron chi connectivity index (χ4n) is 7.01. The van der Waals surface area contributed by atoms with Crippen molar-refractivity contribution in [2.24, 2.45) is 0 Å². The molecule has 11 heteroatoms. The van der Waals surface area contributed by atoms with Gasteiger partial charge in [-0.1, -0.05) is 135 Å². The summed E-state index contributed by atoms with van der Waals surface area (Å²) in [6, 6.07) is 7.24. The Balaban J connectivity index is 1.71. The zero-order valence-electron chi connectivity index (χ0n) is 32.9. The van der Waals surface area contributed by atoms with Gasteiger partial charge in [0, 0.05) is 6.42 Å². The monoisotopic (exact) mass is 754 g/mol. The van der Waals surface area contributed by atoms with Crippen LogP contribution in [0.3, 0.4) is 0 Å². The molecule has 53 heavy (non-hydrogen) atoms. The van der Waals surface area contributed by atoms with Gasteiger partial charge in [-0.3, -0.25) is 4.79 Å². The first kappa shape index (κ1) is 47.3. The molecule has 0 radical (unpaired) electrons. The lowest BCUT2D eigenvalue weighted by atomic mass is 9.98. The Morgan fingerprint density at radius 2 is 1.26 bits per heavy atom. The number of aliphatic hydroxyl groups excluding tert-OH is 6. The Morgan fingerprint density at radius 3 is 1.81 bits per heavy atom. The smallest absolute Gasteiger partial charge is 0.220 e. The van der Waals surface area contributed by atoms with Crippen LogP contribution in [0.1, 0.15) is 154 Å². The lowest BCUT2D eigenvalue weighted by Crippen LogP contribution is -2.60. The van der Waals surface area contributed by atoms with Crippen LogP contribution < -0.4 is 10.1 Å². The minimum atomic E-state index is -1.61. The Morgan fingerprint density at radius 1 is 0.736 bits per heavy atom. The predicted octanol–water partition coefficient (Wildman–Crippen LogP) is 5.86. The number of ether oxygens (including phenoxy) is 3. The molecule has 0 aliphatic carbocycles. The molecule has 1 aliphatic rings. The van der Waals surface area contributed by atoms with E-state index in [0.29, 0.717) is 12.8 Å². The van der Waals surface area contributed by atoms with Crippen LogP contribution in [-0.2, 0) is 20.7 Å². The van der Waals surface area contributed by atoms with Crippen molar-refractivity contribution in [1.82, 2.24) is 5.32 Å². The normalized spacial score (nSPS) is 22.0. The topological polar surface area (TPSA) is 178 Å². The maximum Gasteiger partial charge on any atom is 0.220 e. The van der Waals surface area contributed by atoms with E-state index in [4.69, 9.17) is 14.2 Å². The van der Waals surface area contributed by atoms with Gasteiger partial charge in [0.1, 0.15) is 36.3 Å². The molecule has 1 aliphatic heterocycles. The highest BCUT2D eigenvalue weighted by Crippen LogP contribution is 2.23. The Hall–Kier alpha value is -1.83. The van der Waals surface area contributed by atoms with Crippen molar-refractivity contribution >= 4 is 5.91 Å². The fourth-order valence-corrected chi connectivity index (χ4v) is 7.01. The predicted molar refractivity (Wildman–Crippen MR) is 208 cm³/mol. The lowest BCUT2D eigenvalue weighted by molar-refractivity contribution is -0.303. The largest absolute Gasteiger partial charge is 0.497 e. The summed E-state index contributed by atoms with van der Waals surface area (Å²) in [6.45, 7) is 1.32. The van der Waals surface area contributed by atoms with E-state index in [2.05, 4.69) is 24.4 Å². The van der Waals surface area contributed by atoms with Gasteiger partial charge < -0.3 is 50.2 Å². The molecule has 1 fully saturated rings. The molecule has 1 aromatic carbocycles. The maximum atomic E-state index is 13.0. The van der Waals surface area contributed by atoms with E-state index in [-0.39, 0.29) is 18.9 Å². The number of carbonyl (C=O) groups is 1. The first-order valence-electron chi connectivity index (χ1n) is 20.9. The van der Waals surface area contributed by atoms with Gasteiger partial charge in [0.25, 0.3) is 0 Å². The van der Waals surface area contributed by atoms with Crippen LogP contribution in [0.2, 0.25) is 0 Å². The van der Waals surface area contributed by atoms with Gasteiger partial charge in [0.2, 0.25) is 5.91 Å². The van der Waals surface area contributed by atoms with Crippen molar-refractivity contribution in [2.75, 3.05) is 20.3 Å². The quantitative estimate of drug-likeness (QED) is 0.0441. The van der Waals surface area contributed by atoms with Crippen LogP contribution in [-0.4, -0.2) is 106 Å².